The number of nitrogens with zero attached hydrogens (tertiary/aromatic N) is 1. The fourth-order valence-electron chi connectivity index (χ4n) is 3.07. The molecule has 0 amide bonds. The molecule has 2 aliphatic rings. The summed E-state index contributed by atoms with van der Waals surface area (Å²) in [6.07, 6.45) is 2.01. The second-order valence-corrected chi connectivity index (χ2v) is 6.13. The van der Waals surface area contributed by atoms with Crippen LogP contribution in [0.1, 0.15) is 18.1 Å². The van der Waals surface area contributed by atoms with Crippen molar-refractivity contribution in [1.82, 2.24) is 4.90 Å². The van der Waals surface area contributed by atoms with E-state index in [-0.39, 0.29) is 12.2 Å². The number of fused-ring (bicyclic) bond motifs is 1. The highest BCUT2D eigenvalue weighted by Gasteiger charge is 2.39. The molecule has 2 heterocycles. The molecule has 3 rings (SSSR count). The Labute approximate surface area is 124 Å². The van der Waals surface area contributed by atoms with E-state index < -0.39 is 5.97 Å². The highest BCUT2D eigenvalue weighted by atomic mass is 16.5. The number of hydrogen-bond acceptors (Lipinski definition) is 4. The van der Waals surface area contributed by atoms with Crippen molar-refractivity contribution < 1.29 is 19.4 Å². The van der Waals surface area contributed by atoms with Crippen LogP contribution in [0.4, 0.5) is 0 Å². The topological polar surface area (TPSA) is 59.0 Å². The minimum atomic E-state index is -0.907. The van der Waals surface area contributed by atoms with Gasteiger partial charge in [0.05, 0.1) is 12.2 Å². The van der Waals surface area contributed by atoms with Gasteiger partial charge in [-0.2, -0.15) is 0 Å². The molecular weight excluding hydrogens is 270 g/mol. The Morgan fingerprint density at radius 2 is 2.29 bits per heavy atom. The number of carboxylic acid groups (broad SMARTS) is 1. The number of carbonyl (C=O) groups is 1. The molecule has 0 atom stereocenters. The zero-order chi connectivity index (χ0) is 14.9. The first-order valence-electron chi connectivity index (χ1n) is 7.37. The third-order valence-electron chi connectivity index (χ3n) is 4.13. The molecule has 21 heavy (non-hydrogen) atoms. The summed E-state index contributed by atoms with van der Waals surface area (Å²) in [6, 6.07) is 6.43. The van der Waals surface area contributed by atoms with E-state index in [1.54, 1.807) is 0 Å². The van der Waals surface area contributed by atoms with Crippen LogP contribution in [0.3, 0.4) is 0 Å². The van der Waals surface area contributed by atoms with Gasteiger partial charge in [0.15, 0.2) is 0 Å². The van der Waals surface area contributed by atoms with Crippen molar-refractivity contribution in [3.8, 4) is 5.75 Å². The molecule has 0 aromatic heterocycles. The Kier molecular flexibility index (Phi) is 3.87. The lowest BCUT2D eigenvalue weighted by molar-refractivity contribution is -0.164. The third-order valence-corrected chi connectivity index (χ3v) is 4.13. The molecule has 0 unspecified atom stereocenters. The van der Waals surface area contributed by atoms with Crippen molar-refractivity contribution in [3.63, 3.8) is 0 Å². The summed E-state index contributed by atoms with van der Waals surface area (Å²) < 4.78 is 10.9. The van der Waals surface area contributed by atoms with Gasteiger partial charge >= 0.3 is 5.97 Å². The average Bonchev–Trinajstić information content (AvgIpc) is 2.87. The molecule has 1 N–H and O–H groups in total. The second-order valence-electron chi connectivity index (χ2n) is 6.13. The van der Waals surface area contributed by atoms with Gasteiger partial charge in [-0.3, -0.25) is 4.90 Å². The zero-order valence-electron chi connectivity index (χ0n) is 12.3. The van der Waals surface area contributed by atoms with Crippen molar-refractivity contribution in [1.29, 1.82) is 0 Å². The molecule has 0 bridgehead atoms. The van der Waals surface area contributed by atoms with Crippen LogP contribution in [-0.2, 0) is 22.4 Å². The molecule has 0 radical (unpaired) electrons. The summed E-state index contributed by atoms with van der Waals surface area (Å²) in [5.41, 5.74) is 2.34. The maximum atomic E-state index is 10.5. The summed E-state index contributed by atoms with van der Waals surface area (Å²) in [5.74, 6) is 0.118. The van der Waals surface area contributed by atoms with E-state index in [9.17, 15) is 4.79 Å². The van der Waals surface area contributed by atoms with Crippen LogP contribution in [0, 0.1) is 0 Å². The first-order chi connectivity index (χ1) is 10.0. The maximum absolute atomic E-state index is 10.5. The van der Waals surface area contributed by atoms with Gasteiger partial charge in [0.25, 0.3) is 0 Å². The molecule has 114 valence electrons. The molecule has 0 spiro atoms. The van der Waals surface area contributed by atoms with Crippen molar-refractivity contribution in [2.45, 2.75) is 25.4 Å². The lowest BCUT2D eigenvalue weighted by Crippen LogP contribution is -2.62. The van der Waals surface area contributed by atoms with Gasteiger partial charge in [0.1, 0.15) is 12.4 Å². The summed E-state index contributed by atoms with van der Waals surface area (Å²) in [6.45, 7) is 5.13. The molecule has 0 saturated carbocycles. The fraction of sp³-hybridized carbons (Fsp3) is 0.562. The first kappa shape index (κ1) is 14.4. The SMILES string of the molecule is CC1(OCC(=O)O)CN(CCc2ccc3c(c2)CCO3)C1. The predicted octanol–water partition coefficient (Wildman–Crippen LogP) is 1.34. The number of hydrogen-bond donors (Lipinski definition) is 1. The molecule has 1 aromatic rings. The van der Waals surface area contributed by atoms with Crippen LogP contribution in [0.2, 0.25) is 0 Å². The quantitative estimate of drug-likeness (QED) is 0.857. The molecule has 2 aliphatic heterocycles. The number of likely N-dealkylation sites (tertiary alicyclic amines) is 1. The van der Waals surface area contributed by atoms with Crippen LogP contribution < -0.4 is 4.74 Å². The van der Waals surface area contributed by atoms with Crippen LogP contribution in [0.15, 0.2) is 18.2 Å². The largest absolute Gasteiger partial charge is 0.493 e. The van der Waals surface area contributed by atoms with Crippen LogP contribution in [0.25, 0.3) is 0 Å². The van der Waals surface area contributed by atoms with Crippen molar-refractivity contribution in [3.05, 3.63) is 29.3 Å². The first-order valence-corrected chi connectivity index (χ1v) is 7.37. The Hall–Kier alpha value is -1.59. The molecule has 5 heteroatoms. The molecule has 1 fully saturated rings. The Morgan fingerprint density at radius 1 is 1.48 bits per heavy atom. The average molecular weight is 291 g/mol. The summed E-state index contributed by atoms with van der Waals surface area (Å²) in [4.78, 5) is 12.8. The Balaban J connectivity index is 1.44. The van der Waals surface area contributed by atoms with Gasteiger partial charge in [0.2, 0.25) is 0 Å². The van der Waals surface area contributed by atoms with Crippen molar-refractivity contribution in [2.24, 2.45) is 0 Å². The highest BCUT2D eigenvalue weighted by Crippen LogP contribution is 2.27. The lowest BCUT2D eigenvalue weighted by Gasteiger charge is -2.47. The lowest BCUT2D eigenvalue weighted by atomic mass is 9.95. The van der Waals surface area contributed by atoms with E-state index in [0.29, 0.717) is 0 Å². The van der Waals surface area contributed by atoms with E-state index in [4.69, 9.17) is 14.6 Å². The van der Waals surface area contributed by atoms with Gasteiger partial charge in [-0.05, 0) is 30.5 Å². The van der Waals surface area contributed by atoms with Gasteiger partial charge in [-0.15, -0.1) is 0 Å². The van der Waals surface area contributed by atoms with Gasteiger partial charge in [0, 0.05) is 26.1 Å². The van der Waals surface area contributed by atoms with Gasteiger partial charge in [-0.25, -0.2) is 4.79 Å². The summed E-state index contributed by atoms with van der Waals surface area (Å²) >= 11 is 0. The number of ether oxygens (including phenoxy) is 2. The minimum Gasteiger partial charge on any atom is -0.493 e. The summed E-state index contributed by atoms with van der Waals surface area (Å²) in [7, 11) is 0. The molecule has 0 aliphatic carbocycles. The molecule has 1 aromatic carbocycles. The zero-order valence-corrected chi connectivity index (χ0v) is 12.3. The minimum absolute atomic E-state index is 0.213. The van der Waals surface area contributed by atoms with E-state index in [2.05, 4.69) is 23.1 Å². The Bertz CT molecular complexity index is 537. The van der Waals surface area contributed by atoms with E-state index in [0.717, 1.165) is 44.8 Å². The summed E-state index contributed by atoms with van der Waals surface area (Å²) in [5, 5.41) is 8.64. The fourth-order valence-corrected chi connectivity index (χ4v) is 3.07. The van der Waals surface area contributed by atoms with Crippen molar-refractivity contribution in [2.75, 3.05) is 32.8 Å². The monoisotopic (exact) mass is 291 g/mol. The van der Waals surface area contributed by atoms with E-state index in [1.165, 1.54) is 11.1 Å². The normalized spacial score (nSPS) is 19.7. The standard InChI is InChI=1S/C16H21NO4/c1-16(21-9-15(18)19)10-17(11-16)6-4-12-2-3-14-13(8-12)5-7-20-14/h2-3,8H,4-7,9-11H2,1H3,(H,18,19). The predicted molar refractivity (Wildman–Crippen MR) is 77.8 cm³/mol. The number of benzene rings is 1. The molecule has 1 saturated heterocycles. The smallest absolute Gasteiger partial charge is 0.329 e. The highest BCUT2D eigenvalue weighted by molar-refractivity contribution is 5.68. The van der Waals surface area contributed by atoms with Crippen LogP contribution in [0.5, 0.6) is 5.75 Å². The van der Waals surface area contributed by atoms with Gasteiger partial charge in [-0.1, -0.05) is 12.1 Å². The van der Waals surface area contributed by atoms with E-state index >= 15 is 0 Å². The second kappa shape index (κ2) is 5.66. The molecule has 5 nitrogen and oxygen atoms in total. The number of rotatable bonds is 6. The maximum Gasteiger partial charge on any atom is 0.329 e. The number of carboxylic acids is 1. The number of aliphatic carboxylic acids is 1. The van der Waals surface area contributed by atoms with Gasteiger partial charge < -0.3 is 14.6 Å². The van der Waals surface area contributed by atoms with Crippen LogP contribution >= 0.6 is 0 Å². The van der Waals surface area contributed by atoms with E-state index in [1.807, 2.05) is 6.92 Å². The van der Waals surface area contributed by atoms with Crippen molar-refractivity contribution >= 4 is 5.97 Å². The Morgan fingerprint density at radius 3 is 3.05 bits per heavy atom. The third kappa shape index (κ3) is 3.36. The molecular formula is C16H21NO4. The van der Waals surface area contributed by atoms with Crippen LogP contribution in [-0.4, -0.2) is 54.4 Å².